The Kier molecular flexibility index (Phi) is 4.22. The van der Waals surface area contributed by atoms with Crippen LogP contribution in [0.1, 0.15) is 6.42 Å². The van der Waals surface area contributed by atoms with E-state index in [4.69, 9.17) is 10.5 Å². The Hall–Kier alpha value is -2.24. The smallest absolute Gasteiger partial charge is 0.260 e. The van der Waals surface area contributed by atoms with Gasteiger partial charge in [-0.1, -0.05) is 0 Å². The fraction of sp³-hybridized carbons (Fsp3) is 0.385. The first kappa shape index (κ1) is 13.2. The van der Waals surface area contributed by atoms with E-state index in [1.807, 2.05) is 0 Å². The summed E-state index contributed by atoms with van der Waals surface area (Å²) in [5, 5.41) is 2.72. The Balaban J connectivity index is 1.86. The van der Waals surface area contributed by atoms with E-state index in [9.17, 15) is 9.59 Å². The monoisotopic (exact) mass is 263 g/mol. The van der Waals surface area contributed by atoms with Crippen molar-refractivity contribution in [2.24, 2.45) is 0 Å². The van der Waals surface area contributed by atoms with Crippen LogP contribution in [0, 0.1) is 0 Å². The third-order valence-corrected chi connectivity index (χ3v) is 2.86. The minimum atomic E-state index is -0.186. The highest BCUT2D eigenvalue weighted by molar-refractivity contribution is 5.85. The number of carbonyl (C=O) groups is 2. The fourth-order valence-corrected chi connectivity index (χ4v) is 1.82. The Bertz CT molecular complexity index is 459. The average molecular weight is 263 g/mol. The minimum absolute atomic E-state index is 0.0722. The number of nitrogens with zero attached hydrogens (tertiary/aromatic N) is 1. The van der Waals surface area contributed by atoms with E-state index in [0.29, 0.717) is 24.5 Å². The summed E-state index contributed by atoms with van der Waals surface area (Å²) in [6.45, 7) is 1.21. The van der Waals surface area contributed by atoms with Crippen molar-refractivity contribution in [2.75, 3.05) is 32.0 Å². The molecule has 1 aliphatic rings. The molecule has 0 atom stereocenters. The molecule has 0 unspecified atom stereocenters. The van der Waals surface area contributed by atoms with Crippen molar-refractivity contribution in [3.63, 3.8) is 0 Å². The highest BCUT2D eigenvalue weighted by Gasteiger charge is 2.19. The minimum Gasteiger partial charge on any atom is -0.484 e. The van der Waals surface area contributed by atoms with Gasteiger partial charge in [-0.05, 0) is 30.7 Å². The molecule has 6 nitrogen and oxygen atoms in total. The molecule has 0 saturated carbocycles. The quantitative estimate of drug-likeness (QED) is 0.752. The second kappa shape index (κ2) is 6.08. The van der Waals surface area contributed by atoms with Gasteiger partial charge in [0, 0.05) is 18.8 Å². The molecule has 1 saturated heterocycles. The number of anilines is 1. The third-order valence-electron chi connectivity index (χ3n) is 2.86. The van der Waals surface area contributed by atoms with Gasteiger partial charge < -0.3 is 20.7 Å². The maximum atomic E-state index is 11.9. The topological polar surface area (TPSA) is 84.7 Å². The molecule has 1 fully saturated rings. The van der Waals surface area contributed by atoms with Crippen LogP contribution in [-0.2, 0) is 9.59 Å². The zero-order chi connectivity index (χ0) is 13.7. The standard InChI is InChI=1S/C13H17N3O3/c14-10-2-4-11(5-3-10)19-9-13(18)16-7-1-6-15-12(17)8-16/h2-5H,1,6-9,14H2,(H,15,17). The molecule has 0 radical (unpaired) electrons. The molecule has 0 bridgehead atoms. The normalized spacial score (nSPS) is 15.6. The number of amides is 2. The van der Waals surface area contributed by atoms with Crippen LogP contribution in [0.4, 0.5) is 5.69 Å². The zero-order valence-corrected chi connectivity index (χ0v) is 10.6. The number of nitrogens with one attached hydrogen (secondary N) is 1. The number of benzene rings is 1. The molecule has 0 aliphatic carbocycles. The number of rotatable bonds is 3. The van der Waals surface area contributed by atoms with E-state index in [1.54, 1.807) is 24.3 Å². The maximum Gasteiger partial charge on any atom is 0.260 e. The third kappa shape index (κ3) is 3.87. The van der Waals surface area contributed by atoms with Crippen molar-refractivity contribution in [1.29, 1.82) is 0 Å². The van der Waals surface area contributed by atoms with E-state index in [0.717, 1.165) is 6.42 Å². The van der Waals surface area contributed by atoms with E-state index < -0.39 is 0 Å². The number of hydrogen-bond donors (Lipinski definition) is 2. The van der Waals surface area contributed by atoms with Crippen LogP contribution in [0.3, 0.4) is 0 Å². The molecule has 102 valence electrons. The molecule has 1 heterocycles. The van der Waals surface area contributed by atoms with Crippen LogP contribution >= 0.6 is 0 Å². The lowest BCUT2D eigenvalue weighted by Crippen LogP contribution is -2.39. The summed E-state index contributed by atoms with van der Waals surface area (Å²) in [5.41, 5.74) is 6.20. The van der Waals surface area contributed by atoms with Crippen LogP contribution in [0.15, 0.2) is 24.3 Å². The second-order valence-electron chi connectivity index (χ2n) is 4.38. The molecule has 6 heteroatoms. The lowest BCUT2D eigenvalue weighted by molar-refractivity contribution is -0.136. The molecule has 1 aromatic carbocycles. The molecule has 19 heavy (non-hydrogen) atoms. The van der Waals surface area contributed by atoms with E-state index >= 15 is 0 Å². The number of carbonyl (C=O) groups excluding carboxylic acids is 2. The van der Waals surface area contributed by atoms with E-state index in [1.165, 1.54) is 4.90 Å². The van der Waals surface area contributed by atoms with Crippen molar-refractivity contribution in [2.45, 2.75) is 6.42 Å². The molecule has 3 N–H and O–H groups in total. The maximum absolute atomic E-state index is 11.9. The highest BCUT2D eigenvalue weighted by Crippen LogP contribution is 2.13. The van der Waals surface area contributed by atoms with Crippen LogP contribution in [0.5, 0.6) is 5.75 Å². The molecule has 1 aliphatic heterocycles. The zero-order valence-electron chi connectivity index (χ0n) is 10.6. The molecular formula is C13H17N3O3. The van der Waals surface area contributed by atoms with Gasteiger partial charge in [0.1, 0.15) is 5.75 Å². The fourth-order valence-electron chi connectivity index (χ4n) is 1.82. The Morgan fingerprint density at radius 3 is 2.84 bits per heavy atom. The molecule has 1 aromatic rings. The number of ether oxygens (including phenoxy) is 1. The second-order valence-corrected chi connectivity index (χ2v) is 4.38. The van der Waals surface area contributed by atoms with Crippen LogP contribution in [0.25, 0.3) is 0 Å². The van der Waals surface area contributed by atoms with Crippen molar-refractivity contribution >= 4 is 17.5 Å². The van der Waals surface area contributed by atoms with Crippen LogP contribution < -0.4 is 15.8 Å². The SMILES string of the molecule is Nc1ccc(OCC(=O)N2CCCNC(=O)C2)cc1. The van der Waals surface area contributed by atoms with Gasteiger partial charge in [0.05, 0.1) is 6.54 Å². The van der Waals surface area contributed by atoms with E-state index in [-0.39, 0.29) is 25.0 Å². The lowest BCUT2D eigenvalue weighted by atomic mass is 10.3. The lowest BCUT2D eigenvalue weighted by Gasteiger charge is -2.19. The highest BCUT2D eigenvalue weighted by atomic mass is 16.5. The largest absolute Gasteiger partial charge is 0.484 e. The van der Waals surface area contributed by atoms with Gasteiger partial charge >= 0.3 is 0 Å². The van der Waals surface area contributed by atoms with Crippen molar-refractivity contribution < 1.29 is 14.3 Å². The van der Waals surface area contributed by atoms with Gasteiger partial charge in [-0.25, -0.2) is 0 Å². The summed E-state index contributed by atoms with van der Waals surface area (Å²) in [6.07, 6.45) is 0.763. The predicted molar refractivity (Wildman–Crippen MR) is 70.6 cm³/mol. The summed E-state index contributed by atoms with van der Waals surface area (Å²) >= 11 is 0. The predicted octanol–water partition coefficient (Wildman–Crippen LogP) is -0.00390. The van der Waals surface area contributed by atoms with Crippen molar-refractivity contribution in [3.8, 4) is 5.75 Å². The first-order valence-corrected chi connectivity index (χ1v) is 6.18. The van der Waals surface area contributed by atoms with Crippen molar-refractivity contribution in [3.05, 3.63) is 24.3 Å². The molecule has 2 amide bonds. The Morgan fingerprint density at radius 1 is 1.37 bits per heavy atom. The summed E-state index contributed by atoms with van der Waals surface area (Å²) in [6, 6.07) is 6.83. The Morgan fingerprint density at radius 2 is 2.11 bits per heavy atom. The first-order chi connectivity index (χ1) is 9.15. The average Bonchev–Trinajstić information content (AvgIpc) is 2.62. The van der Waals surface area contributed by atoms with Gasteiger partial charge in [-0.15, -0.1) is 0 Å². The van der Waals surface area contributed by atoms with Gasteiger partial charge in [-0.2, -0.15) is 0 Å². The van der Waals surface area contributed by atoms with E-state index in [2.05, 4.69) is 5.32 Å². The summed E-state index contributed by atoms with van der Waals surface area (Å²) in [5.74, 6) is 0.272. The number of hydrogen-bond acceptors (Lipinski definition) is 4. The summed E-state index contributed by atoms with van der Waals surface area (Å²) < 4.78 is 5.37. The number of nitrogen functional groups attached to an aromatic ring is 1. The van der Waals surface area contributed by atoms with Crippen molar-refractivity contribution in [1.82, 2.24) is 10.2 Å². The van der Waals surface area contributed by atoms with Gasteiger partial charge in [0.25, 0.3) is 5.91 Å². The van der Waals surface area contributed by atoms with Crippen LogP contribution in [0.2, 0.25) is 0 Å². The summed E-state index contributed by atoms with van der Waals surface area (Å²) in [4.78, 5) is 24.8. The first-order valence-electron chi connectivity index (χ1n) is 6.18. The molecule has 0 spiro atoms. The van der Waals surface area contributed by atoms with Gasteiger partial charge in [0.15, 0.2) is 6.61 Å². The molecule has 0 aromatic heterocycles. The van der Waals surface area contributed by atoms with Gasteiger partial charge in [-0.3, -0.25) is 9.59 Å². The molecular weight excluding hydrogens is 246 g/mol. The Labute approximate surface area is 111 Å². The van der Waals surface area contributed by atoms with Gasteiger partial charge in [0.2, 0.25) is 5.91 Å². The number of nitrogens with two attached hydrogens (primary N) is 1. The molecule has 2 rings (SSSR count). The summed E-state index contributed by atoms with van der Waals surface area (Å²) in [7, 11) is 0. The van der Waals surface area contributed by atoms with Crippen LogP contribution in [-0.4, -0.2) is 43.0 Å².